The van der Waals surface area contributed by atoms with E-state index in [1.807, 2.05) is 13.8 Å². The maximum absolute atomic E-state index is 13.9. The first kappa shape index (κ1) is 21.9. The maximum Gasteiger partial charge on any atom is 0.431 e. The van der Waals surface area contributed by atoms with Crippen molar-refractivity contribution in [3.8, 4) is 5.75 Å². The van der Waals surface area contributed by atoms with Crippen molar-refractivity contribution in [1.29, 1.82) is 0 Å². The molecule has 2 N–H and O–H groups in total. The summed E-state index contributed by atoms with van der Waals surface area (Å²) in [5.74, 6) is 0.228. The Hall–Kier alpha value is -2.92. The van der Waals surface area contributed by atoms with Crippen LogP contribution in [0, 0.1) is 5.82 Å². The lowest BCUT2D eigenvalue weighted by atomic mass is 9.93. The molecule has 4 unspecified atom stereocenters. The van der Waals surface area contributed by atoms with Crippen molar-refractivity contribution < 1.29 is 27.0 Å². The molecule has 7 nitrogen and oxygen atoms in total. The van der Waals surface area contributed by atoms with E-state index in [2.05, 4.69) is 25.2 Å². The van der Waals surface area contributed by atoms with E-state index in [0.717, 1.165) is 6.07 Å². The number of rotatable bonds is 3. The van der Waals surface area contributed by atoms with E-state index in [4.69, 9.17) is 9.47 Å². The lowest BCUT2D eigenvalue weighted by molar-refractivity contribution is -0.140. The maximum atomic E-state index is 13.9. The van der Waals surface area contributed by atoms with Crippen LogP contribution in [0.4, 0.5) is 23.4 Å². The first-order valence-electron chi connectivity index (χ1n) is 10.7. The fraction of sp³-hybridized carbons (Fsp3) is 0.455. The Morgan fingerprint density at radius 2 is 1.88 bits per heavy atom. The van der Waals surface area contributed by atoms with Gasteiger partial charge in [0, 0.05) is 24.7 Å². The van der Waals surface area contributed by atoms with Gasteiger partial charge in [-0.1, -0.05) is 6.07 Å². The molecule has 2 aromatic heterocycles. The van der Waals surface area contributed by atoms with Crippen LogP contribution in [0.15, 0.2) is 30.6 Å². The molecule has 1 saturated heterocycles. The van der Waals surface area contributed by atoms with Crippen molar-refractivity contribution in [2.24, 2.45) is 0 Å². The van der Waals surface area contributed by atoms with Crippen molar-refractivity contribution in [1.82, 2.24) is 19.9 Å². The number of hydrogen-bond acceptors (Lipinski definition) is 6. The van der Waals surface area contributed by atoms with Crippen LogP contribution < -0.4 is 10.1 Å². The van der Waals surface area contributed by atoms with Gasteiger partial charge in [0.15, 0.2) is 0 Å². The second kappa shape index (κ2) is 8.14. The van der Waals surface area contributed by atoms with Crippen LogP contribution in [0.25, 0.3) is 11.0 Å². The predicted octanol–water partition coefficient (Wildman–Crippen LogP) is 4.14. The lowest BCUT2D eigenvalue weighted by Gasteiger charge is -2.45. The number of H-pyrrole nitrogens is 1. The minimum atomic E-state index is -4.54. The Labute approximate surface area is 187 Å². The summed E-state index contributed by atoms with van der Waals surface area (Å²) >= 11 is 0. The molecule has 5 rings (SSSR count). The van der Waals surface area contributed by atoms with Crippen LogP contribution in [0.1, 0.15) is 31.1 Å². The number of ether oxygens (including phenoxy) is 2. The Kier molecular flexibility index (Phi) is 5.40. The second-order valence-electron chi connectivity index (χ2n) is 8.56. The van der Waals surface area contributed by atoms with E-state index in [-0.39, 0.29) is 41.7 Å². The average molecular weight is 465 g/mol. The lowest BCUT2D eigenvalue weighted by Crippen LogP contribution is -2.56. The molecule has 3 aromatic rings. The molecular formula is C22H23F4N5O2. The third-order valence-corrected chi connectivity index (χ3v) is 6.05. The van der Waals surface area contributed by atoms with Gasteiger partial charge < -0.3 is 19.8 Å². The fourth-order valence-electron chi connectivity index (χ4n) is 4.70. The molecule has 4 heterocycles. The molecule has 0 amide bonds. The van der Waals surface area contributed by atoms with Crippen molar-refractivity contribution in [2.75, 3.05) is 25.0 Å². The molecule has 0 saturated carbocycles. The normalized spacial score (nSPS) is 26.1. The number of nitrogens with zero attached hydrogens (tertiary/aromatic N) is 3. The molecular weight excluding hydrogens is 442 g/mol. The number of halogens is 4. The summed E-state index contributed by atoms with van der Waals surface area (Å²) < 4.78 is 65.4. The zero-order chi connectivity index (χ0) is 23.3. The Bertz CT molecular complexity index is 1160. The molecule has 4 atom stereocenters. The van der Waals surface area contributed by atoms with Gasteiger partial charge in [-0.25, -0.2) is 14.4 Å². The zero-order valence-corrected chi connectivity index (χ0v) is 18.0. The largest absolute Gasteiger partial charge is 0.491 e. The molecule has 1 aromatic carbocycles. The number of nitrogens with one attached hydrogen (secondary N) is 2. The van der Waals surface area contributed by atoms with Gasteiger partial charge >= 0.3 is 6.18 Å². The van der Waals surface area contributed by atoms with Crippen LogP contribution in [0.2, 0.25) is 0 Å². The highest BCUT2D eigenvalue weighted by Gasteiger charge is 2.39. The van der Waals surface area contributed by atoms with Crippen molar-refractivity contribution in [2.45, 2.75) is 44.3 Å². The van der Waals surface area contributed by atoms with Crippen LogP contribution in [-0.2, 0) is 10.9 Å². The Morgan fingerprint density at radius 1 is 1.12 bits per heavy atom. The standard InChI is InChI=1S/C22H23F4N5O2/c1-11-7-31(8-12(2)33-11)16-9-32-17-5-13(23)3-4-14(17)19(16)30-21-15-6-18(22(24,25)26)29-20(15)27-10-28-21/h3-6,10-12,16,19H,7-9H2,1-2H3,(H2,27,28,29,30). The van der Waals surface area contributed by atoms with Crippen LogP contribution in [-0.4, -0.2) is 57.8 Å². The number of benzene rings is 1. The van der Waals surface area contributed by atoms with Gasteiger partial charge in [0.2, 0.25) is 0 Å². The van der Waals surface area contributed by atoms with Gasteiger partial charge in [-0.05, 0) is 26.0 Å². The van der Waals surface area contributed by atoms with Crippen LogP contribution in [0.3, 0.4) is 0 Å². The molecule has 2 aliphatic heterocycles. The number of morpholine rings is 1. The van der Waals surface area contributed by atoms with Crippen molar-refractivity contribution >= 4 is 16.9 Å². The average Bonchev–Trinajstić information content (AvgIpc) is 3.19. The van der Waals surface area contributed by atoms with Gasteiger partial charge in [-0.3, -0.25) is 4.90 Å². The van der Waals surface area contributed by atoms with Crippen LogP contribution in [0.5, 0.6) is 5.75 Å². The summed E-state index contributed by atoms with van der Waals surface area (Å²) in [5.41, 5.74) is -0.114. The summed E-state index contributed by atoms with van der Waals surface area (Å²) in [4.78, 5) is 12.7. The van der Waals surface area contributed by atoms with Gasteiger partial charge in [-0.15, -0.1) is 0 Å². The third kappa shape index (κ3) is 4.22. The minimum Gasteiger partial charge on any atom is -0.491 e. The highest BCUT2D eigenvalue weighted by atomic mass is 19.4. The van der Waals surface area contributed by atoms with Gasteiger partial charge in [-0.2, -0.15) is 13.2 Å². The molecule has 1 fully saturated rings. The first-order valence-corrected chi connectivity index (χ1v) is 10.7. The smallest absolute Gasteiger partial charge is 0.431 e. The highest BCUT2D eigenvalue weighted by molar-refractivity contribution is 5.88. The number of hydrogen-bond donors (Lipinski definition) is 2. The van der Waals surface area contributed by atoms with E-state index in [0.29, 0.717) is 24.4 Å². The fourth-order valence-corrected chi connectivity index (χ4v) is 4.70. The zero-order valence-electron chi connectivity index (χ0n) is 18.0. The molecule has 0 bridgehead atoms. The summed E-state index contributed by atoms with van der Waals surface area (Å²) in [6.07, 6.45) is -3.31. The third-order valence-electron chi connectivity index (χ3n) is 6.05. The molecule has 0 aliphatic carbocycles. The molecule has 11 heteroatoms. The first-order chi connectivity index (χ1) is 15.7. The Balaban J connectivity index is 1.55. The topological polar surface area (TPSA) is 75.3 Å². The second-order valence-corrected chi connectivity index (χ2v) is 8.56. The van der Waals surface area contributed by atoms with Crippen molar-refractivity contribution in [3.63, 3.8) is 0 Å². The summed E-state index contributed by atoms with van der Waals surface area (Å²) in [5, 5.41) is 3.54. The number of aromatic amines is 1. The Morgan fingerprint density at radius 3 is 2.61 bits per heavy atom. The molecule has 176 valence electrons. The summed E-state index contributed by atoms with van der Waals surface area (Å²) in [7, 11) is 0. The summed E-state index contributed by atoms with van der Waals surface area (Å²) in [6, 6.07) is 4.71. The number of fused-ring (bicyclic) bond motifs is 2. The minimum absolute atomic E-state index is 0.00814. The van der Waals surface area contributed by atoms with E-state index >= 15 is 0 Å². The van der Waals surface area contributed by atoms with E-state index < -0.39 is 23.7 Å². The summed E-state index contributed by atoms with van der Waals surface area (Å²) in [6.45, 7) is 5.58. The number of aromatic nitrogens is 3. The number of anilines is 1. The molecule has 0 radical (unpaired) electrons. The van der Waals surface area contributed by atoms with E-state index in [1.165, 1.54) is 18.5 Å². The van der Waals surface area contributed by atoms with Gasteiger partial charge in [0.1, 0.15) is 41.7 Å². The predicted molar refractivity (Wildman–Crippen MR) is 113 cm³/mol. The van der Waals surface area contributed by atoms with Gasteiger partial charge in [0.25, 0.3) is 0 Å². The van der Waals surface area contributed by atoms with E-state index in [1.54, 1.807) is 6.07 Å². The number of alkyl halides is 3. The molecule has 33 heavy (non-hydrogen) atoms. The SMILES string of the molecule is CC1CN(C2COc3cc(F)ccc3C2Nc2ncnc3[nH]c(C(F)(F)F)cc23)CC(C)O1. The van der Waals surface area contributed by atoms with Gasteiger partial charge in [0.05, 0.1) is 29.7 Å². The highest BCUT2D eigenvalue weighted by Crippen LogP contribution is 2.39. The van der Waals surface area contributed by atoms with Crippen molar-refractivity contribution in [3.05, 3.63) is 47.7 Å². The molecule has 2 aliphatic rings. The molecule has 0 spiro atoms. The monoisotopic (exact) mass is 465 g/mol. The quantitative estimate of drug-likeness (QED) is 0.567. The van der Waals surface area contributed by atoms with Crippen LogP contribution >= 0.6 is 0 Å². The van der Waals surface area contributed by atoms with E-state index in [9.17, 15) is 17.6 Å².